The third kappa shape index (κ3) is 3.81. The van der Waals surface area contributed by atoms with Gasteiger partial charge in [-0.1, -0.05) is 31.2 Å². The molecule has 0 saturated carbocycles. The van der Waals surface area contributed by atoms with Crippen molar-refractivity contribution in [3.8, 4) is 11.4 Å². The monoisotopic (exact) mass is 321 g/mol. The highest BCUT2D eigenvalue weighted by atomic mass is 16.5. The molecule has 1 aromatic heterocycles. The smallest absolute Gasteiger partial charge is 0.262 e. The summed E-state index contributed by atoms with van der Waals surface area (Å²) in [5.74, 6) is 0.462. The molecule has 0 aliphatic rings. The minimum Gasteiger partial charge on any atom is -0.484 e. The molecule has 0 radical (unpaired) electrons. The van der Waals surface area contributed by atoms with E-state index in [9.17, 15) is 4.79 Å². The van der Waals surface area contributed by atoms with Gasteiger partial charge in [-0.15, -0.1) is 0 Å². The number of imidazole rings is 1. The molecule has 3 rings (SSSR count). The average molecular weight is 321 g/mol. The molecular formula is C19H19N3O2. The number of rotatable bonds is 6. The number of ether oxygens (including phenoxy) is 1. The highest BCUT2D eigenvalue weighted by Crippen LogP contribution is 2.18. The van der Waals surface area contributed by atoms with E-state index in [0.29, 0.717) is 5.75 Å². The number of carbonyl (C=O) groups excluding carboxylic acids is 1. The number of anilines is 1. The van der Waals surface area contributed by atoms with Crippen molar-refractivity contribution in [2.24, 2.45) is 0 Å². The van der Waals surface area contributed by atoms with Gasteiger partial charge >= 0.3 is 0 Å². The van der Waals surface area contributed by atoms with Crippen molar-refractivity contribution in [1.82, 2.24) is 9.55 Å². The largest absolute Gasteiger partial charge is 0.484 e. The second-order valence-corrected chi connectivity index (χ2v) is 5.31. The Bertz CT molecular complexity index is 813. The van der Waals surface area contributed by atoms with Crippen LogP contribution in [-0.4, -0.2) is 22.1 Å². The zero-order valence-corrected chi connectivity index (χ0v) is 13.5. The van der Waals surface area contributed by atoms with Crippen molar-refractivity contribution < 1.29 is 9.53 Å². The molecule has 0 aliphatic carbocycles. The molecule has 1 heterocycles. The van der Waals surface area contributed by atoms with Crippen LogP contribution in [-0.2, 0) is 11.2 Å². The first-order valence-electron chi connectivity index (χ1n) is 7.85. The Morgan fingerprint density at radius 3 is 2.88 bits per heavy atom. The summed E-state index contributed by atoms with van der Waals surface area (Å²) >= 11 is 0. The summed E-state index contributed by atoms with van der Waals surface area (Å²) in [7, 11) is 0. The summed E-state index contributed by atoms with van der Waals surface area (Å²) in [5.41, 5.74) is 2.87. The molecule has 24 heavy (non-hydrogen) atoms. The lowest BCUT2D eigenvalue weighted by Crippen LogP contribution is -2.20. The summed E-state index contributed by atoms with van der Waals surface area (Å²) in [4.78, 5) is 16.1. The lowest BCUT2D eigenvalue weighted by Gasteiger charge is -2.11. The number of nitrogens with zero attached hydrogens (tertiary/aromatic N) is 2. The molecule has 0 spiro atoms. The van der Waals surface area contributed by atoms with Crippen molar-refractivity contribution in [1.29, 1.82) is 0 Å². The molecular weight excluding hydrogens is 302 g/mol. The molecule has 2 aromatic carbocycles. The van der Waals surface area contributed by atoms with E-state index in [4.69, 9.17) is 4.74 Å². The van der Waals surface area contributed by atoms with Crippen LogP contribution in [0.2, 0.25) is 0 Å². The van der Waals surface area contributed by atoms with Crippen LogP contribution in [0, 0.1) is 0 Å². The Balaban J connectivity index is 1.61. The molecule has 3 aromatic rings. The topological polar surface area (TPSA) is 56.1 Å². The number of benzene rings is 2. The van der Waals surface area contributed by atoms with Gasteiger partial charge in [0, 0.05) is 24.1 Å². The highest BCUT2D eigenvalue weighted by Gasteiger charge is 2.07. The third-order valence-electron chi connectivity index (χ3n) is 3.66. The SMILES string of the molecule is CCc1ccccc1NC(=O)COc1cccc(-n2ccnc2)c1. The van der Waals surface area contributed by atoms with Gasteiger partial charge in [0.05, 0.1) is 12.0 Å². The van der Waals surface area contributed by atoms with E-state index < -0.39 is 0 Å². The maximum absolute atomic E-state index is 12.1. The van der Waals surface area contributed by atoms with Crippen molar-refractivity contribution in [2.45, 2.75) is 13.3 Å². The number of hydrogen-bond donors (Lipinski definition) is 1. The normalized spacial score (nSPS) is 10.4. The fraction of sp³-hybridized carbons (Fsp3) is 0.158. The summed E-state index contributed by atoms with van der Waals surface area (Å²) in [6.45, 7) is 2.02. The maximum atomic E-state index is 12.1. The minimum atomic E-state index is -0.177. The standard InChI is InChI=1S/C19H19N3O2/c1-2-15-6-3-4-9-18(15)21-19(23)13-24-17-8-5-7-16(12-17)22-11-10-20-14-22/h3-12,14H,2,13H2,1H3,(H,21,23). The first-order chi connectivity index (χ1) is 11.8. The Kier molecular flexibility index (Phi) is 4.91. The first kappa shape index (κ1) is 15.8. The van der Waals surface area contributed by atoms with E-state index in [1.54, 1.807) is 12.5 Å². The molecule has 5 heteroatoms. The van der Waals surface area contributed by atoms with Crippen molar-refractivity contribution in [2.75, 3.05) is 11.9 Å². The quantitative estimate of drug-likeness (QED) is 0.756. The molecule has 0 bridgehead atoms. The zero-order chi connectivity index (χ0) is 16.8. The Morgan fingerprint density at radius 2 is 2.08 bits per heavy atom. The van der Waals surface area contributed by atoms with Gasteiger partial charge < -0.3 is 14.6 Å². The van der Waals surface area contributed by atoms with Crippen LogP contribution < -0.4 is 10.1 Å². The second-order valence-electron chi connectivity index (χ2n) is 5.31. The number of carbonyl (C=O) groups is 1. The lowest BCUT2D eigenvalue weighted by molar-refractivity contribution is -0.118. The zero-order valence-electron chi connectivity index (χ0n) is 13.5. The number of hydrogen-bond acceptors (Lipinski definition) is 3. The van der Waals surface area contributed by atoms with Gasteiger partial charge in [-0.05, 0) is 30.2 Å². The molecule has 0 atom stereocenters. The van der Waals surface area contributed by atoms with Crippen LogP contribution in [0.4, 0.5) is 5.69 Å². The molecule has 5 nitrogen and oxygen atoms in total. The summed E-state index contributed by atoms with van der Waals surface area (Å²) < 4.78 is 7.49. The Morgan fingerprint density at radius 1 is 1.21 bits per heavy atom. The average Bonchev–Trinajstić information content (AvgIpc) is 3.15. The summed E-state index contributed by atoms with van der Waals surface area (Å²) in [6.07, 6.45) is 6.15. The van der Waals surface area contributed by atoms with E-state index in [1.807, 2.05) is 59.3 Å². The third-order valence-corrected chi connectivity index (χ3v) is 3.66. The molecule has 1 N–H and O–H groups in total. The molecule has 122 valence electrons. The summed E-state index contributed by atoms with van der Waals surface area (Å²) in [6, 6.07) is 15.3. The first-order valence-corrected chi connectivity index (χ1v) is 7.85. The fourth-order valence-corrected chi connectivity index (χ4v) is 2.43. The second kappa shape index (κ2) is 7.46. The van der Waals surface area contributed by atoms with Crippen LogP contribution in [0.25, 0.3) is 5.69 Å². The number of aromatic nitrogens is 2. The van der Waals surface area contributed by atoms with Gasteiger partial charge in [-0.2, -0.15) is 0 Å². The molecule has 0 saturated heterocycles. The van der Waals surface area contributed by atoms with Crippen LogP contribution in [0.1, 0.15) is 12.5 Å². The summed E-state index contributed by atoms with van der Waals surface area (Å²) in [5, 5.41) is 2.89. The van der Waals surface area contributed by atoms with Gasteiger partial charge in [-0.25, -0.2) is 4.98 Å². The van der Waals surface area contributed by atoms with Gasteiger partial charge in [0.15, 0.2) is 6.61 Å². The van der Waals surface area contributed by atoms with Gasteiger partial charge in [-0.3, -0.25) is 4.79 Å². The fourth-order valence-electron chi connectivity index (χ4n) is 2.43. The van der Waals surface area contributed by atoms with E-state index in [1.165, 1.54) is 0 Å². The number of amides is 1. The van der Waals surface area contributed by atoms with E-state index >= 15 is 0 Å². The number of nitrogens with one attached hydrogen (secondary N) is 1. The number of para-hydroxylation sites is 1. The van der Waals surface area contributed by atoms with E-state index in [2.05, 4.69) is 17.2 Å². The predicted octanol–water partition coefficient (Wildman–Crippen LogP) is 3.45. The Labute approximate surface area is 140 Å². The van der Waals surface area contributed by atoms with Crippen LogP contribution in [0.5, 0.6) is 5.75 Å². The van der Waals surface area contributed by atoms with Crippen molar-refractivity contribution in [3.63, 3.8) is 0 Å². The van der Waals surface area contributed by atoms with Gasteiger partial charge in [0.2, 0.25) is 0 Å². The van der Waals surface area contributed by atoms with Crippen molar-refractivity contribution in [3.05, 3.63) is 72.8 Å². The number of aryl methyl sites for hydroxylation is 1. The molecule has 0 aliphatic heterocycles. The van der Waals surface area contributed by atoms with Crippen LogP contribution in [0.3, 0.4) is 0 Å². The highest BCUT2D eigenvalue weighted by molar-refractivity contribution is 5.92. The molecule has 0 unspecified atom stereocenters. The molecule has 1 amide bonds. The van der Waals surface area contributed by atoms with Gasteiger partial charge in [0.25, 0.3) is 5.91 Å². The molecule has 0 fully saturated rings. The van der Waals surface area contributed by atoms with Crippen molar-refractivity contribution >= 4 is 11.6 Å². The minimum absolute atomic E-state index is 0.0363. The van der Waals surface area contributed by atoms with E-state index in [-0.39, 0.29) is 12.5 Å². The Hall–Kier alpha value is -3.08. The lowest BCUT2D eigenvalue weighted by atomic mass is 10.1. The van der Waals surface area contributed by atoms with Crippen LogP contribution >= 0.6 is 0 Å². The predicted molar refractivity (Wildman–Crippen MR) is 93.5 cm³/mol. The van der Waals surface area contributed by atoms with E-state index in [0.717, 1.165) is 23.4 Å². The maximum Gasteiger partial charge on any atom is 0.262 e. The van der Waals surface area contributed by atoms with Gasteiger partial charge in [0.1, 0.15) is 5.75 Å². The van der Waals surface area contributed by atoms with Crippen LogP contribution in [0.15, 0.2) is 67.3 Å².